The van der Waals surface area contributed by atoms with Gasteiger partial charge in [0.05, 0.1) is 16.5 Å². The zero-order valence-electron chi connectivity index (χ0n) is 8.78. The molecule has 66 valence electrons. The van der Waals surface area contributed by atoms with Crippen LogP contribution in [0.5, 0.6) is 11.5 Å². The first kappa shape index (κ1) is 6.31. The highest BCUT2D eigenvalue weighted by atomic mass is 16.5. The Morgan fingerprint density at radius 1 is 1.33 bits per heavy atom. The summed E-state index contributed by atoms with van der Waals surface area (Å²) >= 11 is 0. The first-order valence-corrected chi connectivity index (χ1v) is 3.51. The van der Waals surface area contributed by atoms with Crippen LogP contribution in [0.25, 0.3) is 0 Å². The fourth-order valence-electron chi connectivity index (χ4n) is 0.759. The summed E-state index contributed by atoms with van der Waals surface area (Å²) in [5.74, 6) is 1.02. The van der Waals surface area contributed by atoms with E-state index in [1.54, 1.807) is 31.4 Å². The molecule has 0 atom stereocenters. The lowest BCUT2D eigenvalue weighted by Crippen LogP contribution is -2.01. The number of benzene rings is 1. The lowest BCUT2D eigenvalue weighted by molar-refractivity contribution is 0.201. The van der Waals surface area contributed by atoms with Crippen LogP contribution in [0.3, 0.4) is 0 Å². The molecule has 0 aromatic heterocycles. The van der Waals surface area contributed by atoms with Crippen molar-refractivity contribution in [2.75, 3.05) is 20.3 Å². The maximum Gasteiger partial charge on any atom is 0.119 e. The van der Waals surface area contributed by atoms with Gasteiger partial charge in [-0.2, -0.15) is 0 Å². The molecular formula is C9H12O3. The minimum Gasteiger partial charge on any atom is -0.497 e. The summed E-state index contributed by atoms with van der Waals surface area (Å²) in [7, 11) is 1.54. The minimum atomic E-state index is -2.05. The van der Waals surface area contributed by atoms with Crippen LogP contribution in [-0.4, -0.2) is 25.4 Å². The molecule has 0 saturated carbocycles. The molecule has 1 N–H and O–H groups in total. The van der Waals surface area contributed by atoms with E-state index in [4.69, 9.17) is 17.3 Å². The molecule has 0 bridgehead atoms. The van der Waals surface area contributed by atoms with Gasteiger partial charge in [-0.25, -0.2) is 0 Å². The second-order valence-corrected chi connectivity index (χ2v) is 2.08. The largest absolute Gasteiger partial charge is 0.497 e. The van der Waals surface area contributed by atoms with Gasteiger partial charge < -0.3 is 14.6 Å². The van der Waals surface area contributed by atoms with Crippen LogP contribution in [0.2, 0.25) is 0 Å². The lowest BCUT2D eigenvalue weighted by Gasteiger charge is -2.04. The van der Waals surface area contributed by atoms with Gasteiger partial charge in [0.1, 0.15) is 18.1 Å². The molecule has 1 rings (SSSR count). The molecule has 0 aliphatic rings. The summed E-state index contributed by atoms with van der Waals surface area (Å²) in [4.78, 5) is 0. The Labute approximate surface area is 74.4 Å². The molecule has 0 saturated heterocycles. The van der Waals surface area contributed by atoms with Crippen LogP contribution in [0.15, 0.2) is 24.3 Å². The van der Waals surface area contributed by atoms with E-state index in [9.17, 15) is 0 Å². The maximum atomic E-state index is 8.63. The standard InChI is InChI=1S/C9H12O3/c1-11-8-2-4-9(5-3-8)12-7-6-10/h2-5,10H,6-7H2,1H3/i7D2. The van der Waals surface area contributed by atoms with E-state index in [1.165, 1.54) is 0 Å². The van der Waals surface area contributed by atoms with Gasteiger partial charge in [0.2, 0.25) is 0 Å². The molecule has 0 aliphatic carbocycles. The smallest absolute Gasteiger partial charge is 0.119 e. The van der Waals surface area contributed by atoms with Crippen molar-refractivity contribution in [3.05, 3.63) is 24.3 Å². The van der Waals surface area contributed by atoms with Gasteiger partial charge in [0, 0.05) is 0 Å². The van der Waals surface area contributed by atoms with Gasteiger partial charge in [-0.05, 0) is 24.3 Å². The van der Waals surface area contributed by atoms with E-state index in [0.717, 1.165) is 0 Å². The molecule has 0 heterocycles. The first-order valence-electron chi connectivity index (χ1n) is 4.51. The van der Waals surface area contributed by atoms with Gasteiger partial charge in [-0.1, -0.05) is 0 Å². The Hall–Kier alpha value is -1.22. The van der Waals surface area contributed by atoms with Gasteiger partial charge in [0.25, 0.3) is 0 Å². The molecule has 0 amide bonds. The molecule has 12 heavy (non-hydrogen) atoms. The molecule has 0 fully saturated rings. The second-order valence-electron chi connectivity index (χ2n) is 2.08. The van der Waals surface area contributed by atoms with Crippen molar-refractivity contribution in [3.63, 3.8) is 0 Å². The summed E-state index contributed by atoms with van der Waals surface area (Å²) in [5, 5.41) is 8.63. The van der Waals surface area contributed by atoms with Crippen molar-refractivity contribution in [2.45, 2.75) is 0 Å². The quantitative estimate of drug-likeness (QED) is 0.734. The summed E-state index contributed by atoms with van der Waals surface area (Å²) in [6, 6.07) is 6.46. The average molecular weight is 170 g/mol. The third-order valence-corrected chi connectivity index (χ3v) is 1.31. The first-order chi connectivity index (χ1) is 6.57. The molecule has 3 heteroatoms. The minimum absolute atomic E-state index is 0.352. The zero-order valence-corrected chi connectivity index (χ0v) is 6.78. The highest BCUT2D eigenvalue weighted by Gasteiger charge is 1.93. The van der Waals surface area contributed by atoms with Crippen molar-refractivity contribution >= 4 is 0 Å². The second kappa shape index (κ2) is 4.62. The van der Waals surface area contributed by atoms with Crippen LogP contribution >= 0.6 is 0 Å². The fraction of sp³-hybridized carbons (Fsp3) is 0.333. The Balaban J connectivity index is 2.69. The van der Waals surface area contributed by atoms with Crippen LogP contribution < -0.4 is 9.47 Å². The number of hydrogen-bond donors (Lipinski definition) is 1. The number of methoxy groups -OCH3 is 1. The summed E-state index contributed by atoms with van der Waals surface area (Å²) < 4.78 is 24.2. The molecule has 3 nitrogen and oxygen atoms in total. The van der Waals surface area contributed by atoms with Crippen LogP contribution in [0.1, 0.15) is 2.74 Å². The molecule has 0 spiro atoms. The number of aliphatic hydroxyl groups is 1. The van der Waals surface area contributed by atoms with Crippen molar-refractivity contribution in [2.24, 2.45) is 0 Å². The summed E-state index contributed by atoms with van der Waals surface area (Å²) in [6.07, 6.45) is 0. The lowest BCUT2D eigenvalue weighted by atomic mass is 10.3. The normalized spacial score (nSPS) is 13.2. The third kappa shape index (κ3) is 2.43. The summed E-state index contributed by atoms with van der Waals surface area (Å²) in [6.45, 7) is -2.73. The Bertz CT molecular complexity index is 285. The van der Waals surface area contributed by atoms with E-state index >= 15 is 0 Å². The molecule has 0 unspecified atom stereocenters. The molecule has 0 aliphatic heterocycles. The fourth-order valence-corrected chi connectivity index (χ4v) is 0.759. The molecule has 1 aromatic carbocycles. The van der Waals surface area contributed by atoms with Gasteiger partial charge in [-0.3, -0.25) is 0 Å². The highest BCUT2D eigenvalue weighted by molar-refractivity contribution is 5.30. The topological polar surface area (TPSA) is 38.7 Å². The SMILES string of the molecule is [2H]C([2H])(CO)Oc1ccc(OC)cc1. The maximum absolute atomic E-state index is 8.63. The number of aliphatic hydroxyl groups excluding tert-OH is 1. The number of rotatable bonds is 4. The van der Waals surface area contributed by atoms with Crippen LogP contribution in [-0.2, 0) is 0 Å². The number of ether oxygens (including phenoxy) is 2. The third-order valence-electron chi connectivity index (χ3n) is 1.31. The molecule has 1 aromatic rings. The van der Waals surface area contributed by atoms with Gasteiger partial charge in [-0.15, -0.1) is 0 Å². The van der Waals surface area contributed by atoms with E-state index < -0.39 is 13.2 Å². The Morgan fingerprint density at radius 2 is 1.92 bits per heavy atom. The predicted molar refractivity (Wildman–Crippen MR) is 45.6 cm³/mol. The van der Waals surface area contributed by atoms with Crippen molar-refractivity contribution in [3.8, 4) is 11.5 Å². The summed E-state index contributed by atoms with van der Waals surface area (Å²) in [5.41, 5.74) is 0. The van der Waals surface area contributed by atoms with Gasteiger partial charge >= 0.3 is 0 Å². The highest BCUT2D eigenvalue weighted by Crippen LogP contribution is 2.16. The van der Waals surface area contributed by atoms with E-state index in [0.29, 0.717) is 11.5 Å². The van der Waals surface area contributed by atoms with Crippen LogP contribution in [0, 0.1) is 0 Å². The number of hydrogen-bond acceptors (Lipinski definition) is 3. The molecular weight excluding hydrogens is 156 g/mol. The monoisotopic (exact) mass is 170 g/mol. The average Bonchev–Trinajstić information content (AvgIpc) is 2.19. The van der Waals surface area contributed by atoms with Crippen molar-refractivity contribution in [1.29, 1.82) is 0 Å². The van der Waals surface area contributed by atoms with E-state index in [1.807, 2.05) is 0 Å². The van der Waals surface area contributed by atoms with Crippen LogP contribution in [0.4, 0.5) is 0 Å². The van der Waals surface area contributed by atoms with E-state index in [-0.39, 0.29) is 0 Å². The van der Waals surface area contributed by atoms with Crippen molar-refractivity contribution in [1.82, 2.24) is 0 Å². The van der Waals surface area contributed by atoms with Gasteiger partial charge in [0.15, 0.2) is 0 Å². The zero-order chi connectivity index (χ0) is 10.6. The Kier molecular flexibility index (Phi) is 2.43. The molecule has 0 radical (unpaired) electrons. The predicted octanol–water partition coefficient (Wildman–Crippen LogP) is 1.07. The van der Waals surface area contributed by atoms with E-state index in [2.05, 4.69) is 0 Å². The van der Waals surface area contributed by atoms with Crippen molar-refractivity contribution < 1.29 is 17.3 Å². The Morgan fingerprint density at radius 3 is 2.42 bits per heavy atom.